The Balaban J connectivity index is 1.45. The number of rotatable bonds is 6. The zero-order chi connectivity index (χ0) is 18.2. The van der Waals surface area contributed by atoms with E-state index in [1.165, 1.54) is 11.8 Å². The molecule has 0 aromatic heterocycles. The summed E-state index contributed by atoms with van der Waals surface area (Å²) in [6.07, 6.45) is 0. The molecule has 1 heterocycles. The van der Waals surface area contributed by atoms with Gasteiger partial charge in [0, 0.05) is 30.1 Å². The first-order chi connectivity index (χ1) is 12.7. The fourth-order valence-electron chi connectivity index (χ4n) is 2.63. The Labute approximate surface area is 157 Å². The molecule has 0 bridgehead atoms. The summed E-state index contributed by atoms with van der Waals surface area (Å²) in [5, 5.41) is 2.91. The van der Waals surface area contributed by atoms with Crippen molar-refractivity contribution < 1.29 is 14.3 Å². The molecule has 1 N–H and O–H groups in total. The maximum atomic E-state index is 12.4. The number of benzene rings is 2. The third-order valence-electron chi connectivity index (χ3n) is 4.10. The van der Waals surface area contributed by atoms with Gasteiger partial charge in [0.1, 0.15) is 0 Å². The van der Waals surface area contributed by atoms with E-state index in [9.17, 15) is 9.59 Å². The van der Waals surface area contributed by atoms with Crippen molar-refractivity contribution >= 4 is 23.6 Å². The number of amides is 2. The fourth-order valence-corrected chi connectivity index (χ4v) is 3.38. The summed E-state index contributed by atoms with van der Waals surface area (Å²) in [5.41, 5.74) is 1.64. The minimum Gasteiger partial charge on any atom is -0.378 e. The third kappa shape index (κ3) is 5.34. The molecule has 26 heavy (non-hydrogen) atoms. The standard InChI is InChI=1S/C20H22N2O3S/c23-19(15-26-18-4-2-1-3-5-18)21-14-16-6-8-17(9-7-16)20(24)22-10-12-25-13-11-22/h1-9H,10-15H2,(H,21,23). The highest BCUT2D eigenvalue weighted by Gasteiger charge is 2.18. The lowest BCUT2D eigenvalue weighted by molar-refractivity contribution is -0.118. The Hall–Kier alpha value is -2.31. The second kappa shape index (κ2) is 9.40. The van der Waals surface area contributed by atoms with E-state index in [1.807, 2.05) is 54.6 Å². The van der Waals surface area contributed by atoms with E-state index < -0.39 is 0 Å². The highest BCUT2D eigenvalue weighted by Crippen LogP contribution is 2.16. The van der Waals surface area contributed by atoms with E-state index in [4.69, 9.17) is 4.74 Å². The molecule has 1 aliphatic heterocycles. The molecule has 1 saturated heterocycles. The number of thioether (sulfide) groups is 1. The lowest BCUT2D eigenvalue weighted by Crippen LogP contribution is -2.40. The molecule has 0 aliphatic carbocycles. The van der Waals surface area contributed by atoms with Gasteiger partial charge in [-0.15, -0.1) is 11.8 Å². The highest BCUT2D eigenvalue weighted by molar-refractivity contribution is 8.00. The van der Waals surface area contributed by atoms with Gasteiger partial charge in [0.15, 0.2) is 0 Å². The van der Waals surface area contributed by atoms with Crippen LogP contribution in [0.1, 0.15) is 15.9 Å². The van der Waals surface area contributed by atoms with E-state index in [2.05, 4.69) is 5.32 Å². The van der Waals surface area contributed by atoms with Crippen molar-refractivity contribution in [1.29, 1.82) is 0 Å². The molecule has 0 radical (unpaired) electrons. The van der Waals surface area contributed by atoms with E-state index in [0.717, 1.165) is 10.5 Å². The molecule has 3 rings (SSSR count). The van der Waals surface area contributed by atoms with E-state index in [1.54, 1.807) is 4.90 Å². The van der Waals surface area contributed by atoms with Crippen molar-refractivity contribution in [2.75, 3.05) is 32.1 Å². The van der Waals surface area contributed by atoms with E-state index in [0.29, 0.717) is 44.2 Å². The van der Waals surface area contributed by atoms with Gasteiger partial charge in [0.25, 0.3) is 5.91 Å². The molecule has 136 valence electrons. The Morgan fingerprint density at radius 1 is 1.00 bits per heavy atom. The molecule has 0 unspecified atom stereocenters. The van der Waals surface area contributed by atoms with Crippen LogP contribution in [-0.2, 0) is 16.1 Å². The number of hydrogen-bond donors (Lipinski definition) is 1. The molecule has 2 amide bonds. The summed E-state index contributed by atoms with van der Waals surface area (Å²) >= 11 is 1.51. The fraction of sp³-hybridized carbons (Fsp3) is 0.300. The zero-order valence-electron chi connectivity index (χ0n) is 14.5. The third-order valence-corrected chi connectivity index (χ3v) is 5.11. The number of carbonyl (C=O) groups excluding carboxylic acids is 2. The number of ether oxygens (including phenoxy) is 1. The van der Waals surface area contributed by atoms with Crippen LogP contribution in [0.25, 0.3) is 0 Å². The minimum atomic E-state index is -0.00711. The Kier molecular flexibility index (Phi) is 6.68. The molecule has 0 spiro atoms. The molecule has 6 heteroatoms. The minimum absolute atomic E-state index is 0.00711. The van der Waals surface area contributed by atoms with Gasteiger partial charge >= 0.3 is 0 Å². The molecule has 1 aliphatic rings. The monoisotopic (exact) mass is 370 g/mol. The molecular formula is C20H22N2O3S. The predicted octanol–water partition coefficient (Wildman–Crippen LogP) is 2.57. The molecule has 2 aromatic rings. The van der Waals surface area contributed by atoms with Gasteiger partial charge in [-0.1, -0.05) is 30.3 Å². The predicted molar refractivity (Wildman–Crippen MR) is 102 cm³/mol. The molecule has 2 aromatic carbocycles. The topological polar surface area (TPSA) is 58.6 Å². The average molecular weight is 370 g/mol. The first-order valence-electron chi connectivity index (χ1n) is 8.63. The van der Waals surface area contributed by atoms with Crippen molar-refractivity contribution in [3.8, 4) is 0 Å². The lowest BCUT2D eigenvalue weighted by atomic mass is 10.1. The Morgan fingerprint density at radius 2 is 1.69 bits per heavy atom. The van der Waals surface area contributed by atoms with Crippen LogP contribution in [0.3, 0.4) is 0 Å². The van der Waals surface area contributed by atoms with Crippen molar-refractivity contribution in [3.63, 3.8) is 0 Å². The number of nitrogens with one attached hydrogen (secondary N) is 1. The van der Waals surface area contributed by atoms with Crippen LogP contribution in [-0.4, -0.2) is 48.8 Å². The molecule has 1 fully saturated rings. The number of hydrogen-bond acceptors (Lipinski definition) is 4. The summed E-state index contributed by atoms with van der Waals surface area (Å²) < 4.78 is 5.27. The molecule has 0 saturated carbocycles. The Morgan fingerprint density at radius 3 is 2.38 bits per heavy atom. The van der Waals surface area contributed by atoms with Crippen molar-refractivity contribution in [2.45, 2.75) is 11.4 Å². The van der Waals surface area contributed by atoms with Gasteiger partial charge in [0.05, 0.1) is 19.0 Å². The summed E-state index contributed by atoms with van der Waals surface area (Å²) in [6.45, 7) is 2.92. The average Bonchev–Trinajstić information content (AvgIpc) is 2.72. The second-order valence-electron chi connectivity index (χ2n) is 5.98. The number of carbonyl (C=O) groups is 2. The Bertz CT molecular complexity index is 728. The van der Waals surface area contributed by atoms with Gasteiger partial charge in [0.2, 0.25) is 5.91 Å². The van der Waals surface area contributed by atoms with Crippen molar-refractivity contribution in [1.82, 2.24) is 10.2 Å². The van der Waals surface area contributed by atoms with E-state index in [-0.39, 0.29) is 11.8 Å². The van der Waals surface area contributed by atoms with Gasteiger partial charge in [-0.3, -0.25) is 9.59 Å². The van der Waals surface area contributed by atoms with Crippen LogP contribution >= 0.6 is 11.8 Å². The largest absolute Gasteiger partial charge is 0.378 e. The summed E-state index contributed by atoms with van der Waals surface area (Å²) in [6, 6.07) is 17.3. The summed E-state index contributed by atoms with van der Waals surface area (Å²) in [7, 11) is 0. The van der Waals surface area contributed by atoms with E-state index >= 15 is 0 Å². The van der Waals surface area contributed by atoms with Crippen LogP contribution in [0.5, 0.6) is 0 Å². The summed E-state index contributed by atoms with van der Waals surface area (Å²) in [4.78, 5) is 27.2. The first kappa shape index (κ1) is 18.5. The van der Waals surface area contributed by atoms with Gasteiger partial charge in [-0.05, 0) is 29.8 Å². The SMILES string of the molecule is O=C(CSc1ccccc1)NCc1ccc(C(=O)N2CCOCC2)cc1. The first-order valence-corrected chi connectivity index (χ1v) is 9.61. The van der Waals surface area contributed by atoms with Crippen molar-refractivity contribution in [2.24, 2.45) is 0 Å². The van der Waals surface area contributed by atoms with Crippen LogP contribution < -0.4 is 5.32 Å². The highest BCUT2D eigenvalue weighted by atomic mass is 32.2. The van der Waals surface area contributed by atoms with Crippen LogP contribution in [0.2, 0.25) is 0 Å². The molecule has 5 nitrogen and oxygen atoms in total. The second-order valence-corrected chi connectivity index (χ2v) is 7.03. The van der Waals surface area contributed by atoms with Gasteiger partial charge in [-0.2, -0.15) is 0 Å². The van der Waals surface area contributed by atoms with Crippen molar-refractivity contribution in [3.05, 3.63) is 65.7 Å². The normalized spacial score (nSPS) is 14.1. The smallest absolute Gasteiger partial charge is 0.254 e. The zero-order valence-corrected chi connectivity index (χ0v) is 15.3. The maximum absolute atomic E-state index is 12.4. The van der Waals surface area contributed by atoms with Crippen LogP contribution in [0.4, 0.5) is 0 Å². The van der Waals surface area contributed by atoms with Crippen LogP contribution in [0.15, 0.2) is 59.5 Å². The number of nitrogens with zero attached hydrogens (tertiary/aromatic N) is 1. The molecule has 0 atom stereocenters. The maximum Gasteiger partial charge on any atom is 0.254 e. The summed E-state index contributed by atoms with van der Waals surface area (Å²) in [5.74, 6) is 0.410. The number of morpholine rings is 1. The van der Waals surface area contributed by atoms with Gasteiger partial charge in [-0.25, -0.2) is 0 Å². The lowest BCUT2D eigenvalue weighted by Gasteiger charge is -2.26. The van der Waals surface area contributed by atoms with Crippen LogP contribution in [0, 0.1) is 0 Å². The quantitative estimate of drug-likeness (QED) is 0.794. The van der Waals surface area contributed by atoms with Gasteiger partial charge < -0.3 is 15.0 Å². The molecular weight excluding hydrogens is 348 g/mol.